The Labute approximate surface area is 146 Å². The summed E-state index contributed by atoms with van der Waals surface area (Å²) < 4.78 is 1.16. The van der Waals surface area contributed by atoms with Crippen molar-refractivity contribution in [1.29, 1.82) is 0 Å². The van der Waals surface area contributed by atoms with Gasteiger partial charge in [-0.25, -0.2) is 0 Å². The maximum atomic E-state index is 3.80. The predicted molar refractivity (Wildman–Crippen MR) is 101 cm³/mol. The minimum atomic E-state index is 0.359. The van der Waals surface area contributed by atoms with Crippen molar-refractivity contribution in [2.24, 2.45) is 5.92 Å². The number of rotatable bonds is 2. The van der Waals surface area contributed by atoms with Gasteiger partial charge in [0, 0.05) is 30.2 Å². The van der Waals surface area contributed by atoms with Gasteiger partial charge in [-0.1, -0.05) is 36.4 Å². The van der Waals surface area contributed by atoms with Crippen molar-refractivity contribution in [2.75, 3.05) is 24.3 Å². The molecule has 3 unspecified atom stereocenters. The molecule has 0 fully saturated rings. The third-order valence-electron chi connectivity index (χ3n) is 5.11. The van der Waals surface area contributed by atoms with E-state index in [2.05, 4.69) is 94.9 Å². The zero-order valence-corrected chi connectivity index (χ0v) is 15.0. The first-order valence-electron chi connectivity index (χ1n) is 8.14. The molecule has 118 valence electrons. The average Bonchev–Trinajstić information content (AvgIpc) is 3.04. The summed E-state index contributed by atoms with van der Waals surface area (Å²) in [7, 11) is 4.16. The van der Waals surface area contributed by atoms with Gasteiger partial charge in [0.2, 0.25) is 0 Å². The summed E-state index contributed by atoms with van der Waals surface area (Å²) in [5, 5.41) is 3.80. The summed E-state index contributed by atoms with van der Waals surface area (Å²) in [5.41, 5.74) is 5.28. The molecule has 0 aromatic heterocycles. The van der Waals surface area contributed by atoms with Gasteiger partial charge in [-0.05, 0) is 57.6 Å². The molecule has 0 saturated carbocycles. The molecule has 0 amide bonds. The maximum Gasteiger partial charge on any atom is 0.0554 e. The molecule has 2 nitrogen and oxygen atoms in total. The Morgan fingerprint density at radius 2 is 1.87 bits per heavy atom. The normalized spacial score (nSPS) is 24.7. The smallest absolute Gasteiger partial charge is 0.0554 e. The van der Waals surface area contributed by atoms with Crippen molar-refractivity contribution in [2.45, 2.75) is 18.4 Å². The number of fused-ring (bicyclic) bond motifs is 3. The Morgan fingerprint density at radius 1 is 1.09 bits per heavy atom. The summed E-state index contributed by atoms with van der Waals surface area (Å²) in [4.78, 5) is 2.14. The van der Waals surface area contributed by atoms with Crippen LogP contribution in [0.2, 0.25) is 0 Å². The van der Waals surface area contributed by atoms with Crippen LogP contribution in [0.15, 0.2) is 59.1 Å². The van der Waals surface area contributed by atoms with Gasteiger partial charge >= 0.3 is 0 Å². The molecule has 4 rings (SSSR count). The number of anilines is 2. The zero-order valence-electron chi connectivity index (χ0n) is 13.5. The van der Waals surface area contributed by atoms with E-state index in [1.807, 2.05) is 0 Å². The van der Waals surface area contributed by atoms with E-state index in [1.165, 1.54) is 22.5 Å². The quantitative estimate of drug-likeness (QED) is 0.719. The van der Waals surface area contributed by atoms with E-state index in [1.54, 1.807) is 0 Å². The second-order valence-corrected chi connectivity index (χ2v) is 7.52. The number of hydrogen-bond donors (Lipinski definition) is 1. The van der Waals surface area contributed by atoms with E-state index in [0.717, 1.165) is 10.9 Å². The van der Waals surface area contributed by atoms with Gasteiger partial charge in [0.25, 0.3) is 0 Å². The molecule has 0 bridgehead atoms. The van der Waals surface area contributed by atoms with Gasteiger partial charge in [0.15, 0.2) is 0 Å². The summed E-state index contributed by atoms with van der Waals surface area (Å²) in [5.74, 6) is 1.12. The molecular weight excluding hydrogens is 348 g/mol. The molecule has 1 heterocycles. The van der Waals surface area contributed by atoms with Crippen LogP contribution in [0.5, 0.6) is 0 Å². The highest BCUT2D eigenvalue weighted by molar-refractivity contribution is 9.10. The van der Waals surface area contributed by atoms with Crippen LogP contribution in [0.3, 0.4) is 0 Å². The number of hydrogen-bond acceptors (Lipinski definition) is 2. The molecule has 3 heteroatoms. The van der Waals surface area contributed by atoms with Crippen LogP contribution >= 0.6 is 15.9 Å². The van der Waals surface area contributed by atoms with E-state index in [9.17, 15) is 0 Å². The van der Waals surface area contributed by atoms with Crippen LogP contribution in [-0.2, 0) is 0 Å². The van der Waals surface area contributed by atoms with E-state index in [4.69, 9.17) is 0 Å². The average molecular weight is 369 g/mol. The van der Waals surface area contributed by atoms with Crippen LogP contribution < -0.4 is 10.2 Å². The summed E-state index contributed by atoms with van der Waals surface area (Å²) in [6.45, 7) is 0. The van der Waals surface area contributed by atoms with Crippen molar-refractivity contribution in [3.63, 3.8) is 0 Å². The molecular formula is C20H21BrN2. The van der Waals surface area contributed by atoms with E-state index in [-0.39, 0.29) is 0 Å². The van der Waals surface area contributed by atoms with Crippen LogP contribution in [0.4, 0.5) is 11.4 Å². The molecule has 1 N–H and O–H groups in total. The first-order valence-corrected chi connectivity index (χ1v) is 8.93. The second-order valence-electron chi connectivity index (χ2n) is 6.67. The van der Waals surface area contributed by atoms with Crippen LogP contribution in [0.25, 0.3) is 0 Å². The summed E-state index contributed by atoms with van der Waals surface area (Å²) in [6, 6.07) is 15.8. The molecule has 2 aromatic rings. The molecule has 0 radical (unpaired) electrons. The molecule has 1 aliphatic heterocycles. The molecule has 2 aliphatic rings. The molecule has 2 aromatic carbocycles. The number of para-hydroxylation sites is 1. The highest BCUT2D eigenvalue weighted by Gasteiger charge is 2.38. The van der Waals surface area contributed by atoms with Gasteiger partial charge in [-0.15, -0.1) is 0 Å². The van der Waals surface area contributed by atoms with Gasteiger partial charge in [-0.3, -0.25) is 0 Å². The molecule has 3 atom stereocenters. The highest BCUT2D eigenvalue weighted by Crippen LogP contribution is 2.51. The SMILES string of the molecule is CN(C)c1ccc(C2Nc3c(Br)cccc3C3C=CCC32)cc1. The fourth-order valence-electron chi connectivity index (χ4n) is 3.89. The van der Waals surface area contributed by atoms with E-state index in [0.29, 0.717) is 17.9 Å². The largest absolute Gasteiger partial charge is 0.378 e. The van der Waals surface area contributed by atoms with Gasteiger partial charge in [-0.2, -0.15) is 0 Å². The van der Waals surface area contributed by atoms with E-state index < -0.39 is 0 Å². The maximum absolute atomic E-state index is 3.80. The van der Waals surface area contributed by atoms with Gasteiger partial charge in [0.1, 0.15) is 0 Å². The molecule has 1 aliphatic carbocycles. The molecule has 0 saturated heterocycles. The minimum absolute atomic E-state index is 0.359. The van der Waals surface area contributed by atoms with E-state index >= 15 is 0 Å². The first kappa shape index (κ1) is 14.8. The van der Waals surface area contributed by atoms with Crippen LogP contribution in [0.1, 0.15) is 29.5 Å². The minimum Gasteiger partial charge on any atom is -0.378 e. The number of halogens is 1. The number of allylic oxidation sites excluding steroid dienone is 2. The topological polar surface area (TPSA) is 15.3 Å². The standard InChI is InChI=1S/C20H21BrN2/c1-23(2)14-11-9-13(10-12-14)19-16-6-3-5-15(16)17-7-4-8-18(21)20(17)22-19/h3-5,7-12,15-16,19,22H,6H2,1-2H3. The Bertz CT molecular complexity index is 749. The second kappa shape index (κ2) is 5.72. The number of nitrogens with one attached hydrogen (secondary N) is 1. The van der Waals surface area contributed by atoms with Gasteiger partial charge < -0.3 is 10.2 Å². The summed E-state index contributed by atoms with van der Waals surface area (Å²) >= 11 is 3.72. The monoisotopic (exact) mass is 368 g/mol. The molecule has 23 heavy (non-hydrogen) atoms. The van der Waals surface area contributed by atoms with Gasteiger partial charge in [0.05, 0.1) is 11.7 Å². The first-order chi connectivity index (χ1) is 11.1. The lowest BCUT2D eigenvalue weighted by atomic mass is 9.77. The number of nitrogens with zero attached hydrogens (tertiary/aromatic N) is 1. The lowest BCUT2D eigenvalue weighted by Gasteiger charge is -2.38. The van der Waals surface area contributed by atoms with Crippen LogP contribution in [-0.4, -0.2) is 14.1 Å². The fraction of sp³-hybridized carbons (Fsp3) is 0.300. The Morgan fingerprint density at radius 3 is 2.61 bits per heavy atom. The lowest BCUT2D eigenvalue weighted by Crippen LogP contribution is -2.29. The summed E-state index contributed by atoms with van der Waals surface area (Å²) in [6.07, 6.45) is 5.87. The van der Waals surface area contributed by atoms with Crippen molar-refractivity contribution in [3.05, 3.63) is 70.2 Å². The van der Waals surface area contributed by atoms with Crippen molar-refractivity contribution in [3.8, 4) is 0 Å². The molecule has 0 spiro atoms. The van der Waals surface area contributed by atoms with Crippen molar-refractivity contribution >= 4 is 27.3 Å². The Balaban J connectivity index is 1.74. The Kier molecular flexibility index (Phi) is 3.68. The highest BCUT2D eigenvalue weighted by atomic mass is 79.9. The lowest BCUT2D eigenvalue weighted by molar-refractivity contribution is 0.425. The zero-order chi connectivity index (χ0) is 16.0. The third kappa shape index (κ3) is 2.47. The third-order valence-corrected chi connectivity index (χ3v) is 5.78. The fourth-order valence-corrected chi connectivity index (χ4v) is 4.39. The Hall–Kier alpha value is -1.74. The van der Waals surface area contributed by atoms with Crippen molar-refractivity contribution in [1.82, 2.24) is 0 Å². The number of benzene rings is 2. The van der Waals surface area contributed by atoms with Crippen LogP contribution in [0, 0.1) is 5.92 Å². The van der Waals surface area contributed by atoms with Crippen molar-refractivity contribution < 1.29 is 0 Å². The predicted octanol–water partition coefficient (Wildman–Crippen LogP) is 5.34.